The van der Waals surface area contributed by atoms with E-state index < -0.39 is 15.9 Å². The van der Waals surface area contributed by atoms with Crippen LogP contribution >= 0.6 is 0 Å². The molecule has 2 heterocycles. The monoisotopic (exact) mass is 381 g/mol. The molecule has 0 atom stereocenters. The summed E-state index contributed by atoms with van der Waals surface area (Å²) >= 11 is 0. The Morgan fingerprint density at radius 2 is 1.78 bits per heavy atom. The molecule has 4 rings (SSSR count). The average Bonchev–Trinajstić information content (AvgIpc) is 2.95. The van der Waals surface area contributed by atoms with Gasteiger partial charge in [-0.2, -0.15) is 0 Å². The second kappa shape index (κ2) is 6.48. The fourth-order valence-electron chi connectivity index (χ4n) is 3.02. The van der Waals surface area contributed by atoms with E-state index in [1.54, 1.807) is 12.3 Å². The van der Waals surface area contributed by atoms with Crippen molar-refractivity contribution < 1.29 is 18.0 Å². The van der Waals surface area contributed by atoms with E-state index in [-0.39, 0.29) is 23.8 Å². The third-order valence-electron chi connectivity index (χ3n) is 4.32. The number of nitrogens with one attached hydrogen (secondary N) is 1. The summed E-state index contributed by atoms with van der Waals surface area (Å²) in [6.07, 6.45) is 1.62. The van der Waals surface area contributed by atoms with Gasteiger partial charge in [0.25, 0.3) is 5.91 Å². The third kappa shape index (κ3) is 3.15. The molecule has 0 bridgehead atoms. The number of sulfonamides is 1. The van der Waals surface area contributed by atoms with Crippen molar-refractivity contribution in [3.63, 3.8) is 0 Å². The summed E-state index contributed by atoms with van der Waals surface area (Å²) in [6.45, 7) is 0. The van der Waals surface area contributed by atoms with Crippen LogP contribution in [0.3, 0.4) is 0 Å². The third-order valence-corrected chi connectivity index (χ3v) is 6.01. The molecule has 1 aliphatic rings. The van der Waals surface area contributed by atoms with E-state index in [0.29, 0.717) is 16.8 Å². The number of fused-ring (bicyclic) bond motifs is 1. The molecule has 27 heavy (non-hydrogen) atoms. The number of rotatable bonds is 3. The van der Waals surface area contributed by atoms with E-state index in [9.17, 15) is 18.0 Å². The topological polar surface area (TPSA) is 96.4 Å². The number of carbonyl (C=O) groups excluding carboxylic acids is 2. The van der Waals surface area contributed by atoms with Gasteiger partial charge in [-0.05, 0) is 36.4 Å². The molecule has 0 spiro atoms. The number of para-hydroxylation sites is 1. The van der Waals surface area contributed by atoms with Crippen molar-refractivity contribution >= 4 is 44.1 Å². The molecule has 8 heteroatoms. The average molecular weight is 381 g/mol. The maximum atomic E-state index is 12.5. The predicted octanol–water partition coefficient (Wildman–Crippen LogP) is 2.55. The van der Waals surface area contributed by atoms with Crippen LogP contribution < -0.4 is 9.62 Å². The number of benzene rings is 2. The van der Waals surface area contributed by atoms with E-state index in [1.165, 1.54) is 24.3 Å². The number of hydrogen-bond donors (Lipinski definition) is 1. The lowest BCUT2D eigenvalue weighted by Crippen LogP contribution is -2.29. The van der Waals surface area contributed by atoms with E-state index in [4.69, 9.17) is 0 Å². The van der Waals surface area contributed by atoms with Crippen LogP contribution in [0.2, 0.25) is 0 Å². The van der Waals surface area contributed by atoms with Crippen LogP contribution in [-0.4, -0.2) is 31.0 Å². The second-order valence-electron chi connectivity index (χ2n) is 6.11. The minimum absolute atomic E-state index is 0.0291. The highest BCUT2D eigenvalue weighted by molar-refractivity contribution is 7.94. The minimum atomic E-state index is -3.62. The molecule has 1 N–H and O–H groups in total. The van der Waals surface area contributed by atoms with Gasteiger partial charge in [0.15, 0.2) is 0 Å². The van der Waals surface area contributed by atoms with Crippen LogP contribution in [0.1, 0.15) is 16.8 Å². The van der Waals surface area contributed by atoms with Crippen molar-refractivity contribution in [3.05, 3.63) is 66.4 Å². The van der Waals surface area contributed by atoms with Gasteiger partial charge >= 0.3 is 0 Å². The number of carbonyl (C=O) groups is 2. The van der Waals surface area contributed by atoms with Crippen LogP contribution in [-0.2, 0) is 14.8 Å². The summed E-state index contributed by atoms with van der Waals surface area (Å²) in [7, 11) is -3.62. The van der Waals surface area contributed by atoms with Crippen molar-refractivity contribution in [2.45, 2.75) is 6.42 Å². The minimum Gasteiger partial charge on any atom is -0.320 e. The SMILES string of the molecule is O=C(Nc1cccc2cccnc12)c1ccc(N2C(=O)CCS2(=O)=O)cc1. The van der Waals surface area contributed by atoms with Crippen LogP contribution in [0.4, 0.5) is 11.4 Å². The van der Waals surface area contributed by atoms with Crippen molar-refractivity contribution in [1.82, 2.24) is 4.98 Å². The molecule has 2 amide bonds. The fraction of sp³-hybridized carbons (Fsp3) is 0.105. The standard InChI is InChI=1S/C19H15N3O4S/c23-17-10-12-27(25,26)22(17)15-8-6-14(7-9-15)19(24)21-16-5-1-3-13-4-2-11-20-18(13)16/h1-9,11H,10,12H2,(H,21,24). The fourth-order valence-corrected chi connectivity index (χ4v) is 4.48. The first-order chi connectivity index (χ1) is 13.0. The highest BCUT2D eigenvalue weighted by Crippen LogP contribution is 2.26. The summed E-state index contributed by atoms with van der Waals surface area (Å²) in [5.41, 5.74) is 1.84. The lowest BCUT2D eigenvalue weighted by atomic mass is 10.1. The number of amides is 2. The molecule has 7 nitrogen and oxygen atoms in total. The molecule has 0 unspecified atom stereocenters. The van der Waals surface area contributed by atoms with Crippen molar-refractivity contribution in [1.29, 1.82) is 0 Å². The summed E-state index contributed by atoms with van der Waals surface area (Å²) in [5.74, 6) is -1.01. The molecule has 0 saturated carbocycles. The first-order valence-corrected chi connectivity index (χ1v) is 9.88. The van der Waals surface area contributed by atoms with Crippen molar-refractivity contribution in [3.8, 4) is 0 Å². The van der Waals surface area contributed by atoms with Crippen molar-refractivity contribution in [2.75, 3.05) is 15.4 Å². The summed E-state index contributed by atoms with van der Waals surface area (Å²) < 4.78 is 24.7. The maximum Gasteiger partial charge on any atom is 0.255 e. The number of pyridine rings is 1. The molecule has 3 aromatic rings. The van der Waals surface area contributed by atoms with Crippen molar-refractivity contribution in [2.24, 2.45) is 0 Å². The van der Waals surface area contributed by atoms with Gasteiger partial charge in [-0.15, -0.1) is 0 Å². The molecule has 2 aromatic carbocycles. The van der Waals surface area contributed by atoms with E-state index >= 15 is 0 Å². The van der Waals surface area contributed by atoms with Gasteiger partial charge in [0, 0.05) is 23.6 Å². The van der Waals surface area contributed by atoms with Gasteiger partial charge in [-0.25, -0.2) is 12.7 Å². The van der Waals surface area contributed by atoms with Crippen LogP contribution in [0.5, 0.6) is 0 Å². The van der Waals surface area contributed by atoms with Crippen LogP contribution in [0.15, 0.2) is 60.8 Å². The Bertz CT molecular complexity index is 1150. The summed E-state index contributed by atoms with van der Waals surface area (Å²) in [5, 5.41) is 3.72. The zero-order chi connectivity index (χ0) is 19.0. The number of hydrogen-bond acceptors (Lipinski definition) is 5. The molecular formula is C19H15N3O4S. The number of aromatic nitrogens is 1. The number of nitrogens with zero attached hydrogens (tertiary/aromatic N) is 2. The Morgan fingerprint density at radius 1 is 1.04 bits per heavy atom. The molecule has 136 valence electrons. The van der Waals surface area contributed by atoms with Gasteiger partial charge in [0.1, 0.15) is 0 Å². The molecule has 1 aromatic heterocycles. The van der Waals surface area contributed by atoms with Gasteiger partial charge in [-0.3, -0.25) is 14.6 Å². The largest absolute Gasteiger partial charge is 0.320 e. The van der Waals surface area contributed by atoms with Crippen LogP contribution in [0, 0.1) is 0 Å². The Balaban J connectivity index is 1.59. The Kier molecular flexibility index (Phi) is 4.12. The van der Waals surface area contributed by atoms with Gasteiger partial charge in [0.05, 0.1) is 22.6 Å². The van der Waals surface area contributed by atoms with E-state index in [2.05, 4.69) is 10.3 Å². The Hall–Kier alpha value is -3.26. The second-order valence-corrected chi connectivity index (χ2v) is 8.04. The van der Waals surface area contributed by atoms with E-state index in [0.717, 1.165) is 9.69 Å². The first kappa shape index (κ1) is 17.2. The quantitative estimate of drug-likeness (QED) is 0.752. The molecule has 1 saturated heterocycles. The molecule has 1 aliphatic heterocycles. The van der Waals surface area contributed by atoms with Crippen LogP contribution in [0.25, 0.3) is 10.9 Å². The lowest BCUT2D eigenvalue weighted by Gasteiger charge is -2.15. The number of anilines is 2. The predicted molar refractivity (Wildman–Crippen MR) is 102 cm³/mol. The van der Waals surface area contributed by atoms with Gasteiger partial charge in [-0.1, -0.05) is 18.2 Å². The molecule has 0 aliphatic carbocycles. The Labute approximate surface area is 155 Å². The first-order valence-electron chi connectivity index (χ1n) is 8.27. The highest BCUT2D eigenvalue weighted by atomic mass is 32.2. The Morgan fingerprint density at radius 3 is 2.48 bits per heavy atom. The maximum absolute atomic E-state index is 12.5. The summed E-state index contributed by atoms with van der Waals surface area (Å²) in [4.78, 5) is 28.7. The lowest BCUT2D eigenvalue weighted by molar-refractivity contribution is -0.116. The highest BCUT2D eigenvalue weighted by Gasteiger charge is 2.36. The summed E-state index contributed by atoms with van der Waals surface area (Å²) in [6, 6.07) is 15.1. The van der Waals surface area contributed by atoms with Gasteiger partial charge < -0.3 is 5.32 Å². The zero-order valence-corrected chi connectivity index (χ0v) is 14.9. The smallest absolute Gasteiger partial charge is 0.255 e. The molecule has 0 radical (unpaired) electrons. The van der Waals surface area contributed by atoms with E-state index in [1.807, 2.05) is 24.3 Å². The molecular weight excluding hydrogens is 366 g/mol. The van der Waals surface area contributed by atoms with Gasteiger partial charge in [0.2, 0.25) is 15.9 Å². The molecule has 1 fully saturated rings. The zero-order valence-electron chi connectivity index (χ0n) is 14.1. The normalized spacial score (nSPS) is 15.9.